The van der Waals surface area contributed by atoms with Crippen LogP contribution < -0.4 is 4.57 Å². The zero-order valence-corrected chi connectivity index (χ0v) is 14.1. The van der Waals surface area contributed by atoms with Crippen LogP contribution in [0.3, 0.4) is 0 Å². The largest absolute Gasteiger partial charge is 0.212 e. The topological polar surface area (TPSA) is 3.88 Å². The molecular formula is C23H22N+. The van der Waals surface area contributed by atoms with Gasteiger partial charge in [-0.05, 0) is 34.5 Å². The van der Waals surface area contributed by atoms with Gasteiger partial charge >= 0.3 is 0 Å². The lowest BCUT2D eigenvalue weighted by Gasteiger charge is -2.07. The molecule has 1 heteroatoms. The van der Waals surface area contributed by atoms with Crippen LogP contribution in [0.4, 0.5) is 0 Å². The van der Waals surface area contributed by atoms with Crippen LogP contribution in [0, 0.1) is 0 Å². The molecule has 0 aliphatic rings. The van der Waals surface area contributed by atoms with Crippen LogP contribution >= 0.6 is 0 Å². The first kappa shape index (κ1) is 14.9. The molecule has 0 saturated carbocycles. The molecule has 4 aromatic rings. The van der Waals surface area contributed by atoms with E-state index in [1.165, 1.54) is 45.6 Å². The van der Waals surface area contributed by atoms with Crippen molar-refractivity contribution < 1.29 is 4.57 Å². The van der Waals surface area contributed by atoms with E-state index in [1.807, 2.05) is 0 Å². The number of hydrogen-bond acceptors (Lipinski definition) is 0. The number of para-hydroxylation sites is 1. The Kier molecular flexibility index (Phi) is 4.00. The van der Waals surface area contributed by atoms with Gasteiger partial charge in [0.25, 0.3) is 0 Å². The van der Waals surface area contributed by atoms with Crippen molar-refractivity contribution in [1.29, 1.82) is 0 Å². The minimum Gasteiger partial charge on any atom is -0.198 e. The molecular weight excluding hydrogens is 290 g/mol. The van der Waals surface area contributed by atoms with Crippen LogP contribution in [0.15, 0.2) is 79.0 Å². The van der Waals surface area contributed by atoms with Gasteiger partial charge in [-0.3, -0.25) is 0 Å². The van der Waals surface area contributed by atoms with Crippen molar-refractivity contribution in [2.24, 2.45) is 0 Å². The van der Waals surface area contributed by atoms with E-state index in [0.717, 1.165) is 6.54 Å². The van der Waals surface area contributed by atoms with Crippen molar-refractivity contribution in [3.8, 4) is 11.1 Å². The van der Waals surface area contributed by atoms with E-state index >= 15 is 0 Å². The lowest BCUT2D eigenvalue weighted by molar-refractivity contribution is -0.671. The van der Waals surface area contributed by atoms with E-state index in [4.69, 9.17) is 0 Å². The van der Waals surface area contributed by atoms with E-state index in [9.17, 15) is 0 Å². The van der Waals surface area contributed by atoms with Crippen LogP contribution in [0.25, 0.3) is 32.8 Å². The highest BCUT2D eigenvalue weighted by atomic mass is 14.9. The molecule has 1 nitrogen and oxygen atoms in total. The van der Waals surface area contributed by atoms with E-state index in [1.54, 1.807) is 0 Å². The van der Waals surface area contributed by atoms with Crippen LogP contribution in [0.5, 0.6) is 0 Å². The molecule has 0 radical (unpaired) electrons. The van der Waals surface area contributed by atoms with Crippen molar-refractivity contribution in [3.63, 3.8) is 0 Å². The van der Waals surface area contributed by atoms with Gasteiger partial charge in [0, 0.05) is 23.4 Å². The van der Waals surface area contributed by atoms with Crippen molar-refractivity contribution >= 4 is 21.7 Å². The Bertz CT molecular complexity index is 1000. The molecule has 0 spiro atoms. The minimum absolute atomic E-state index is 1.07. The Labute approximate surface area is 143 Å². The molecule has 0 aliphatic carbocycles. The molecule has 0 unspecified atom stereocenters. The van der Waals surface area contributed by atoms with Crippen LogP contribution in [-0.4, -0.2) is 0 Å². The molecule has 4 rings (SSSR count). The van der Waals surface area contributed by atoms with E-state index in [2.05, 4.69) is 90.5 Å². The minimum atomic E-state index is 1.07. The third kappa shape index (κ3) is 2.78. The van der Waals surface area contributed by atoms with Gasteiger partial charge in [-0.25, -0.2) is 0 Å². The summed E-state index contributed by atoms with van der Waals surface area (Å²) in [7, 11) is 0. The molecule has 1 aromatic heterocycles. The predicted octanol–water partition coefficient (Wildman–Crippen LogP) is 5.75. The Morgan fingerprint density at radius 1 is 0.708 bits per heavy atom. The molecule has 0 saturated heterocycles. The Morgan fingerprint density at radius 2 is 1.42 bits per heavy atom. The predicted molar refractivity (Wildman–Crippen MR) is 102 cm³/mol. The SMILES string of the molecule is CCCC[n+]1cc(-c2ccc3ccccc3c2)cc2ccccc21. The van der Waals surface area contributed by atoms with Crippen LogP contribution in [0.2, 0.25) is 0 Å². The van der Waals surface area contributed by atoms with Crippen LogP contribution in [0.1, 0.15) is 19.8 Å². The maximum Gasteiger partial charge on any atom is 0.212 e. The summed E-state index contributed by atoms with van der Waals surface area (Å²) in [6.45, 7) is 3.31. The molecule has 118 valence electrons. The first-order valence-electron chi connectivity index (χ1n) is 8.76. The molecule has 0 N–H and O–H groups in total. The van der Waals surface area contributed by atoms with E-state index < -0.39 is 0 Å². The Hall–Kier alpha value is -2.67. The lowest BCUT2D eigenvalue weighted by Crippen LogP contribution is -2.34. The number of pyridine rings is 1. The van der Waals surface area contributed by atoms with Crippen molar-refractivity contribution in [3.05, 3.63) is 79.0 Å². The normalized spacial score (nSPS) is 11.2. The first-order valence-corrected chi connectivity index (χ1v) is 8.76. The van der Waals surface area contributed by atoms with Gasteiger partial charge in [0.05, 0.1) is 0 Å². The molecule has 3 aromatic carbocycles. The first-order chi connectivity index (χ1) is 11.8. The van der Waals surface area contributed by atoms with Gasteiger partial charge < -0.3 is 0 Å². The highest BCUT2D eigenvalue weighted by Crippen LogP contribution is 2.26. The highest BCUT2D eigenvalue weighted by molar-refractivity contribution is 5.88. The maximum atomic E-state index is 2.41. The zero-order chi connectivity index (χ0) is 16.4. The molecule has 0 atom stereocenters. The average Bonchev–Trinajstić information content (AvgIpc) is 2.65. The standard InChI is InChI=1S/C23H22N/c1-2-3-14-24-17-22(16-21-10-6-7-11-23(21)24)20-13-12-18-8-4-5-9-19(18)15-20/h4-13,15-17H,2-3,14H2,1H3/q+1. The lowest BCUT2D eigenvalue weighted by atomic mass is 10.0. The van der Waals surface area contributed by atoms with E-state index in [0.29, 0.717) is 0 Å². The second-order valence-corrected chi connectivity index (χ2v) is 6.40. The number of rotatable bonds is 4. The zero-order valence-electron chi connectivity index (χ0n) is 14.1. The Morgan fingerprint density at radius 3 is 2.25 bits per heavy atom. The van der Waals surface area contributed by atoms with Crippen molar-refractivity contribution in [1.82, 2.24) is 0 Å². The van der Waals surface area contributed by atoms with Gasteiger partial charge in [-0.2, -0.15) is 4.57 Å². The van der Waals surface area contributed by atoms with Crippen molar-refractivity contribution in [2.75, 3.05) is 0 Å². The fourth-order valence-corrected chi connectivity index (χ4v) is 3.35. The smallest absolute Gasteiger partial charge is 0.198 e. The second kappa shape index (κ2) is 6.45. The maximum absolute atomic E-state index is 2.41. The fourth-order valence-electron chi connectivity index (χ4n) is 3.35. The number of fused-ring (bicyclic) bond motifs is 2. The second-order valence-electron chi connectivity index (χ2n) is 6.40. The molecule has 0 aliphatic heterocycles. The fraction of sp³-hybridized carbons (Fsp3) is 0.174. The summed E-state index contributed by atoms with van der Waals surface area (Å²) in [4.78, 5) is 0. The number of hydrogen-bond donors (Lipinski definition) is 0. The molecule has 0 bridgehead atoms. The summed E-state index contributed by atoms with van der Waals surface area (Å²) in [6.07, 6.45) is 4.72. The summed E-state index contributed by atoms with van der Waals surface area (Å²) in [5.41, 5.74) is 3.88. The van der Waals surface area contributed by atoms with Gasteiger partial charge in [-0.15, -0.1) is 0 Å². The van der Waals surface area contributed by atoms with Crippen molar-refractivity contribution in [2.45, 2.75) is 26.3 Å². The van der Waals surface area contributed by atoms with Gasteiger partial charge in [-0.1, -0.05) is 61.9 Å². The molecule has 0 fully saturated rings. The van der Waals surface area contributed by atoms with Gasteiger partial charge in [0.1, 0.15) is 6.54 Å². The third-order valence-electron chi connectivity index (χ3n) is 4.69. The molecule has 1 heterocycles. The molecule has 0 amide bonds. The number of unbranched alkanes of at least 4 members (excludes halogenated alkanes) is 1. The number of nitrogens with zero attached hydrogens (tertiary/aromatic N) is 1. The van der Waals surface area contributed by atoms with Gasteiger partial charge in [0.15, 0.2) is 6.20 Å². The third-order valence-corrected chi connectivity index (χ3v) is 4.69. The number of benzene rings is 3. The monoisotopic (exact) mass is 312 g/mol. The number of aryl methyl sites for hydroxylation is 1. The quantitative estimate of drug-likeness (QED) is 0.423. The summed E-state index contributed by atoms with van der Waals surface area (Å²) >= 11 is 0. The van der Waals surface area contributed by atoms with Gasteiger partial charge in [0.2, 0.25) is 5.52 Å². The summed E-state index contributed by atoms with van der Waals surface area (Å²) < 4.78 is 2.41. The highest BCUT2D eigenvalue weighted by Gasteiger charge is 2.12. The summed E-state index contributed by atoms with van der Waals surface area (Å²) in [5, 5.41) is 3.89. The average molecular weight is 312 g/mol. The molecule has 24 heavy (non-hydrogen) atoms. The summed E-state index contributed by atoms with van der Waals surface area (Å²) in [5.74, 6) is 0. The van der Waals surface area contributed by atoms with Crippen LogP contribution in [-0.2, 0) is 6.54 Å². The van der Waals surface area contributed by atoms with E-state index in [-0.39, 0.29) is 0 Å². The Balaban J connectivity index is 1.88. The number of aromatic nitrogens is 1. The summed E-state index contributed by atoms with van der Waals surface area (Å²) in [6, 6.07) is 26.3.